The molecular weight excluding hydrogens is 335 g/mol. The van der Waals surface area contributed by atoms with Gasteiger partial charge >= 0.3 is 6.18 Å². The molecule has 0 radical (unpaired) electrons. The van der Waals surface area contributed by atoms with Crippen LogP contribution in [0.2, 0.25) is 0 Å². The van der Waals surface area contributed by atoms with Crippen LogP contribution in [-0.2, 0) is 6.18 Å². The maximum Gasteiger partial charge on any atom is 0.433 e. The molecule has 2 rings (SSSR count). The van der Waals surface area contributed by atoms with Gasteiger partial charge in [0.05, 0.1) is 0 Å². The predicted octanol–water partition coefficient (Wildman–Crippen LogP) is 3.54. The van der Waals surface area contributed by atoms with Gasteiger partial charge in [-0.1, -0.05) is 6.07 Å². The molecule has 134 valence electrons. The highest BCUT2D eigenvalue weighted by molar-refractivity contribution is 6.04. The Bertz CT molecular complexity index is 784. The molecule has 9 heteroatoms. The van der Waals surface area contributed by atoms with Crippen LogP contribution in [0.3, 0.4) is 0 Å². The van der Waals surface area contributed by atoms with Gasteiger partial charge in [0, 0.05) is 22.9 Å². The number of carbonyl (C=O) groups is 1. The molecule has 0 saturated heterocycles. The highest BCUT2D eigenvalue weighted by Crippen LogP contribution is 2.30. The van der Waals surface area contributed by atoms with Gasteiger partial charge in [-0.2, -0.15) is 18.2 Å². The van der Waals surface area contributed by atoms with Gasteiger partial charge < -0.3 is 16.4 Å². The lowest BCUT2D eigenvalue weighted by molar-refractivity contribution is -0.141. The number of alkyl halides is 3. The average Bonchev–Trinajstić information content (AvgIpc) is 2.44. The molecule has 0 aliphatic rings. The quantitative estimate of drug-likeness (QED) is 0.734. The van der Waals surface area contributed by atoms with Crippen molar-refractivity contribution in [1.82, 2.24) is 9.97 Å². The van der Waals surface area contributed by atoms with Gasteiger partial charge in [-0.25, -0.2) is 4.98 Å². The molecule has 0 aliphatic heterocycles. The molecule has 25 heavy (non-hydrogen) atoms. The first-order chi connectivity index (χ1) is 11.4. The first kappa shape index (κ1) is 18.5. The first-order valence-corrected chi connectivity index (χ1v) is 7.35. The van der Waals surface area contributed by atoms with Crippen LogP contribution >= 0.6 is 0 Å². The summed E-state index contributed by atoms with van der Waals surface area (Å²) in [7, 11) is 0. The predicted molar refractivity (Wildman–Crippen MR) is 89.2 cm³/mol. The van der Waals surface area contributed by atoms with Crippen molar-refractivity contribution >= 4 is 23.4 Å². The molecule has 1 amide bonds. The van der Waals surface area contributed by atoms with Crippen molar-refractivity contribution in [3.63, 3.8) is 0 Å². The van der Waals surface area contributed by atoms with Gasteiger partial charge in [-0.15, -0.1) is 0 Å². The number of nitrogen functional groups attached to an aromatic ring is 1. The minimum atomic E-state index is -4.67. The Hall–Kier alpha value is -2.84. The second-order valence-corrected chi connectivity index (χ2v) is 6.41. The highest BCUT2D eigenvalue weighted by atomic mass is 19.4. The van der Waals surface area contributed by atoms with Crippen molar-refractivity contribution in [3.8, 4) is 0 Å². The Kier molecular flexibility index (Phi) is 4.87. The second-order valence-electron chi connectivity index (χ2n) is 6.41. The highest BCUT2D eigenvalue weighted by Gasteiger charge is 2.34. The van der Waals surface area contributed by atoms with Crippen molar-refractivity contribution in [3.05, 3.63) is 41.6 Å². The fraction of sp³-hybridized carbons (Fsp3) is 0.312. The third-order valence-electron chi connectivity index (χ3n) is 2.89. The average molecular weight is 353 g/mol. The Labute approximate surface area is 142 Å². The number of carbonyl (C=O) groups excluding carboxylic acids is 1. The van der Waals surface area contributed by atoms with E-state index in [-0.39, 0.29) is 17.3 Å². The van der Waals surface area contributed by atoms with E-state index in [0.717, 1.165) is 0 Å². The summed E-state index contributed by atoms with van der Waals surface area (Å²) >= 11 is 0. The van der Waals surface area contributed by atoms with E-state index in [9.17, 15) is 18.0 Å². The fourth-order valence-corrected chi connectivity index (χ4v) is 1.92. The molecule has 4 N–H and O–H groups in total. The molecule has 1 aromatic heterocycles. The van der Waals surface area contributed by atoms with Crippen LogP contribution in [0.5, 0.6) is 0 Å². The topological polar surface area (TPSA) is 92.9 Å². The van der Waals surface area contributed by atoms with Crippen molar-refractivity contribution in [2.24, 2.45) is 0 Å². The number of anilines is 3. The number of rotatable bonds is 3. The molecule has 0 unspecified atom stereocenters. The van der Waals surface area contributed by atoms with Crippen LogP contribution in [0, 0.1) is 0 Å². The summed E-state index contributed by atoms with van der Waals surface area (Å²) in [6.45, 7) is 5.25. The lowest BCUT2D eigenvalue weighted by Gasteiger charge is -2.21. The summed E-state index contributed by atoms with van der Waals surface area (Å²) in [6.07, 6.45) is -4.67. The van der Waals surface area contributed by atoms with Gasteiger partial charge in [0.25, 0.3) is 5.91 Å². The van der Waals surface area contributed by atoms with E-state index in [2.05, 4.69) is 20.6 Å². The normalized spacial score (nSPS) is 11.9. The van der Waals surface area contributed by atoms with Crippen LogP contribution in [-0.4, -0.2) is 21.4 Å². The second kappa shape index (κ2) is 6.58. The van der Waals surface area contributed by atoms with Crippen LogP contribution in [0.15, 0.2) is 30.3 Å². The molecule has 6 nitrogen and oxygen atoms in total. The van der Waals surface area contributed by atoms with Crippen molar-refractivity contribution in [2.45, 2.75) is 32.5 Å². The maximum atomic E-state index is 13.0. The standard InChI is InChI=1S/C16H18F3N5O/c1-15(2,3)24-14-21-11(16(17,18)19)8-12(23-14)22-13(25)9-5-4-6-10(20)7-9/h4-8H,20H2,1-3H3,(H2,21,22,23,24,25). The molecule has 0 bridgehead atoms. The molecule has 0 fully saturated rings. The number of amides is 1. The van der Waals surface area contributed by atoms with E-state index in [1.54, 1.807) is 32.9 Å². The Morgan fingerprint density at radius 3 is 2.36 bits per heavy atom. The summed E-state index contributed by atoms with van der Waals surface area (Å²) in [5.41, 5.74) is 4.46. The minimum absolute atomic E-state index is 0.206. The number of nitrogens with zero attached hydrogens (tertiary/aromatic N) is 2. The molecule has 1 heterocycles. The van der Waals surface area contributed by atoms with E-state index in [4.69, 9.17) is 5.73 Å². The smallest absolute Gasteiger partial charge is 0.399 e. The zero-order chi connectivity index (χ0) is 18.8. The van der Waals surface area contributed by atoms with E-state index in [1.165, 1.54) is 12.1 Å². The Morgan fingerprint density at radius 2 is 1.80 bits per heavy atom. The van der Waals surface area contributed by atoms with Crippen molar-refractivity contribution in [2.75, 3.05) is 16.4 Å². The lowest BCUT2D eigenvalue weighted by atomic mass is 10.1. The number of hydrogen-bond donors (Lipinski definition) is 3. The molecule has 0 saturated carbocycles. The van der Waals surface area contributed by atoms with Crippen LogP contribution in [0.25, 0.3) is 0 Å². The molecule has 0 aliphatic carbocycles. The third-order valence-corrected chi connectivity index (χ3v) is 2.89. The summed E-state index contributed by atoms with van der Waals surface area (Å²) in [4.78, 5) is 19.6. The van der Waals surface area contributed by atoms with Gasteiger partial charge in [-0.3, -0.25) is 4.79 Å². The maximum absolute atomic E-state index is 13.0. The van der Waals surface area contributed by atoms with E-state index in [1.807, 2.05) is 0 Å². The third kappa shape index (κ3) is 5.33. The zero-order valence-electron chi connectivity index (χ0n) is 13.9. The molecule has 2 aromatic rings. The summed E-state index contributed by atoms with van der Waals surface area (Å²) in [5, 5.41) is 5.10. The van der Waals surface area contributed by atoms with Crippen molar-refractivity contribution in [1.29, 1.82) is 0 Å². The number of aromatic nitrogens is 2. The van der Waals surface area contributed by atoms with Crippen LogP contribution in [0.4, 0.5) is 30.6 Å². The summed E-state index contributed by atoms with van der Waals surface area (Å²) in [5.74, 6) is -1.12. The summed E-state index contributed by atoms with van der Waals surface area (Å²) < 4.78 is 39.1. The number of benzene rings is 1. The zero-order valence-corrected chi connectivity index (χ0v) is 13.9. The molecule has 1 aromatic carbocycles. The Morgan fingerprint density at radius 1 is 1.12 bits per heavy atom. The molecule has 0 spiro atoms. The van der Waals surface area contributed by atoms with Gasteiger partial charge in [0.2, 0.25) is 5.95 Å². The number of halogens is 3. The van der Waals surface area contributed by atoms with E-state index in [0.29, 0.717) is 11.8 Å². The number of hydrogen-bond acceptors (Lipinski definition) is 5. The SMILES string of the molecule is CC(C)(C)Nc1nc(NC(=O)c2cccc(N)c2)cc(C(F)(F)F)n1. The molecular formula is C16H18F3N5O. The van der Waals surface area contributed by atoms with Crippen LogP contribution < -0.4 is 16.4 Å². The fourth-order valence-electron chi connectivity index (χ4n) is 1.92. The van der Waals surface area contributed by atoms with Gasteiger partial charge in [-0.05, 0) is 39.0 Å². The minimum Gasteiger partial charge on any atom is -0.399 e. The van der Waals surface area contributed by atoms with Crippen LogP contribution in [0.1, 0.15) is 36.8 Å². The summed E-state index contributed by atoms with van der Waals surface area (Å²) in [6, 6.07) is 6.74. The largest absolute Gasteiger partial charge is 0.433 e. The van der Waals surface area contributed by atoms with Crippen molar-refractivity contribution < 1.29 is 18.0 Å². The Balaban J connectivity index is 2.35. The lowest BCUT2D eigenvalue weighted by Crippen LogP contribution is -2.28. The van der Waals surface area contributed by atoms with Gasteiger partial charge in [0.1, 0.15) is 5.82 Å². The molecule has 0 atom stereocenters. The number of nitrogens with two attached hydrogens (primary N) is 1. The number of nitrogens with one attached hydrogen (secondary N) is 2. The van der Waals surface area contributed by atoms with E-state index >= 15 is 0 Å². The first-order valence-electron chi connectivity index (χ1n) is 7.35. The van der Waals surface area contributed by atoms with Gasteiger partial charge in [0.15, 0.2) is 5.69 Å². The monoisotopic (exact) mass is 353 g/mol. The van der Waals surface area contributed by atoms with E-state index < -0.39 is 23.3 Å².